The molecule has 0 bridgehead atoms. The summed E-state index contributed by atoms with van der Waals surface area (Å²) in [5, 5.41) is 13.3. The van der Waals surface area contributed by atoms with Crippen LogP contribution in [0.5, 0.6) is 0 Å². The van der Waals surface area contributed by atoms with E-state index >= 15 is 0 Å². The Balaban J connectivity index is 1.12. The maximum absolute atomic E-state index is 12.5. The maximum atomic E-state index is 12.5. The molecule has 146 valence electrons. The summed E-state index contributed by atoms with van der Waals surface area (Å²) in [6.45, 7) is 3.81. The Kier molecular flexibility index (Phi) is 4.57. The highest BCUT2D eigenvalue weighted by Crippen LogP contribution is 2.39. The van der Waals surface area contributed by atoms with Crippen molar-refractivity contribution in [3.05, 3.63) is 70.9 Å². The van der Waals surface area contributed by atoms with Crippen LogP contribution in [0.1, 0.15) is 33.6 Å². The zero-order valence-electron chi connectivity index (χ0n) is 16.3. The zero-order valence-corrected chi connectivity index (χ0v) is 16.3. The number of nitrogens with zero attached hydrogens (tertiary/aromatic N) is 2. The molecule has 1 aliphatic heterocycles. The van der Waals surface area contributed by atoms with Crippen molar-refractivity contribution in [2.24, 2.45) is 11.8 Å². The molecule has 2 N–H and O–H groups in total. The summed E-state index contributed by atoms with van der Waals surface area (Å²) >= 11 is 0. The standard InChI is InChI=1S/C24H24N4O/c25-12-16-5-6-17-7-8-28(14-20(17)9-16)15-21-10-19(21)13-26-24(29)23-11-18-3-1-2-4-22(18)27-23/h1-6,9,11,19,21,27H,7-8,10,13-15H2,(H,26,29)/t19-,21-/m0/s1. The molecule has 1 fully saturated rings. The van der Waals surface area contributed by atoms with Crippen LogP contribution in [0.3, 0.4) is 0 Å². The molecule has 2 aromatic carbocycles. The van der Waals surface area contributed by atoms with E-state index in [9.17, 15) is 4.79 Å². The van der Waals surface area contributed by atoms with Gasteiger partial charge in [-0.05, 0) is 60.1 Å². The van der Waals surface area contributed by atoms with Gasteiger partial charge in [0.25, 0.3) is 5.91 Å². The van der Waals surface area contributed by atoms with Crippen LogP contribution >= 0.6 is 0 Å². The summed E-state index contributed by atoms with van der Waals surface area (Å²) in [6.07, 6.45) is 2.23. The van der Waals surface area contributed by atoms with E-state index in [1.807, 2.05) is 42.5 Å². The Morgan fingerprint density at radius 2 is 2.07 bits per heavy atom. The highest BCUT2D eigenvalue weighted by molar-refractivity contribution is 5.97. The number of hydrogen-bond donors (Lipinski definition) is 2. The number of fused-ring (bicyclic) bond motifs is 2. The van der Waals surface area contributed by atoms with Crippen LogP contribution in [0.25, 0.3) is 10.9 Å². The minimum absolute atomic E-state index is 0.0252. The molecule has 0 spiro atoms. The third-order valence-corrected chi connectivity index (χ3v) is 6.29. The first-order valence-electron chi connectivity index (χ1n) is 10.3. The normalized spacial score (nSPS) is 20.8. The number of aromatic nitrogens is 1. The summed E-state index contributed by atoms with van der Waals surface area (Å²) < 4.78 is 0. The molecular formula is C24H24N4O. The molecule has 0 saturated heterocycles. The molecule has 2 heterocycles. The summed E-state index contributed by atoms with van der Waals surface area (Å²) in [4.78, 5) is 18.1. The van der Waals surface area contributed by atoms with Gasteiger partial charge in [0.2, 0.25) is 0 Å². The van der Waals surface area contributed by atoms with Gasteiger partial charge < -0.3 is 10.3 Å². The van der Waals surface area contributed by atoms with Gasteiger partial charge in [-0.15, -0.1) is 0 Å². The van der Waals surface area contributed by atoms with E-state index in [1.165, 1.54) is 17.5 Å². The van der Waals surface area contributed by atoms with E-state index in [2.05, 4.69) is 27.3 Å². The van der Waals surface area contributed by atoms with Gasteiger partial charge in [-0.1, -0.05) is 24.3 Å². The first kappa shape index (κ1) is 18.0. The molecule has 1 amide bonds. The fourth-order valence-electron chi connectivity index (χ4n) is 4.47. The molecule has 5 nitrogen and oxygen atoms in total. The fourth-order valence-corrected chi connectivity index (χ4v) is 4.47. The van der Waals surface area contributed by atoms with Gasteiger partial charge in [0.1, 0.15) is 5.69 Å². The number of para-hydroxylation sites is 1. The predicted octanol–water partition coefficient (Wildman–Crippen LogP) is 3.46. The van der Waals surface area contributed by atoms with Crippen LogP contribution in [0.2, 0.25) is 0 Å². The van der Waals surface area contributed by atoms with Crippen LogP contribution in [0.15, 0.2) is 48.5 Å². The molecular weight excluding hydrogens is 360 g/mol. The van der Waals surface area contributed by atoms with Gasteiger partial charge >= 0.3 is 0 Å². The zero-order chi connectivity index (χ0) is 19.8. The largest absolute Gasteiger partial charge is 0.351 e. The average Bonchev–Trinajstić information content (AvgIpc) is 3.33. The highest BCUT2D eigenvalue weighted by Gasteiger charge is 2.38. The lowest BCUT2D eigenvalue weighted by Gasteiger charge is -2.29. The van der Waals surface area contributed by atoms with Crippen molar-refractivity contribution in [3.63, 3.8) is 0 Å². The number of aromatic amines is 1. The quantitative estimate of drug-likeness (QED) is 0.708. The van der Waals surface area contributed by atoms with Gasteiger partial charge in [-0.3, -0.25) is 9.69 Å². The minimum atomic E-state index is -0.0252. The number of carbonyl (C=O) groups is 1. The molecule has 2 atom stereocenters. The number of carbonyl (C=O) groups excluding carboxylic acids is 1. The van der Waals surface area contributed by atoms with Gasteiger partial charge in [0.05, 0.1) is 11.6 Å². The van der Waals surface area contributed by atoms with E-state index < -0.39 is 0 Å². The van der Waals surface area contributed by atoms with Crippen LogP contribution in [-0.2, 0) is 13.0 Å². The second kappa shape index (κ2) is 7.38. The SMILES string of the molecule is N#Cc1ccc2c(c1)CN(C[C@@H]1C[C@H]1CNC(=O)c1cc3ccccc3[nH]1)CC2. The first-order valence-corrected chi connectivity index (χ1v) is 10.3. The average molecular weight is 384 g/mol. The summed E-state index contributed by atoms with van der Waals surface area (Å²) in [5.41, 5.74) is 5.03. The third-order valence-electron chi connectivity index (χ3n) is 6.29. The van der Waals surface area contributed by atoms with Crippen LogP contribution in [0, 0.1) is 23.2 Å². The van der Waals surface area contributed by atoms with Gasteiger partial charge in [-0.2, -0.15) is 5.26 Å². The van der Waals surface area contributed by atoms with Crippen LogP contribution < -0.4 is 5.32 Å². The third kappa shape index (κ3) is 3.76. The number of amides is 1. The Morgan fingerprint density at radius 3 is 2.93 bits per heavy atom. The van der Waals surface area contributed by atoms with Gasteiger partial charge in [0.15, 0.2) is 0 Å². The molecule has 1 aliphatic carbocycles. The first-order chi connectivity index (χ1) is 14.2. The van der Waals surface area contributed by atoms with Crippen molar-refractivity contribution in [1.29, 1.82) is 5.26 Å². The van der Waals surface area contributed by atoms with Gasteiger partial charge in [-0.25, -0.2) is 0 Å². The molecule has 1 saturated carbocycles. The number of H-pyrrole nitrogens is 1. The monoisotopic (exact) mass is 384 g/mol. The fraction of sp³-hybridized carbons (Fsp3) is 0.333. The summed E-state index contributed by atoms with van der Waals surface area (Å²) in [6, 6.07) is 18.1. The predicted molar refractivity (Wildman–Crippen MR) is 112 cm³/mol. The van der Waals surface area contributed by atoms with Crippen molar-refractivity contribution >= 4 is 16.8 Å². The minimum Gasteiger partial charge on any atom is -0.351 e. The topological polar surface area (TPSA) is 71.9 Å². The Hall–Kier alpha value is -3.10. The molecule has 1 aromatic heterocycles. The summed E-state index contributed by atoms with van der Waals surface area (Å²) in [5.74, 6) is 1.19. The highest BCUT2D eigenvalue weighted by atomic mass is 16.1. The lowest BCUT2D eigenvalue weighted by atomic mass is 9.97. The van der Waals surface area contributed by atoms with Crippen molar-refractivity contribution in [3.8, 4) is 6.07 Å². The molecule has 5 heteroatoms. The Morgan fingerprint density at radius 1 is 1.17 bits per heavy atom. The van der Waals surface area contributed by atoms with E-state index in [0.717, 1.165) is 49.1 Å². The number of benzene rings is 2. The van der Waals surface area contributed by atoms with Crippen molar-refractivity contribution < 1.29 is 4.79 Å². The van der Waals surface area contributed by atoms with Crippen LogP contribution in [-0.4, -0.2) is 35.4 Å². The Bertz CT molecular complexity index is 1080. The molecule has 3 aromatic rings. The maximum Gasteiger partial charge on any atom is 0.267 e. The van der Waals surface area contributed by atoms with E-state index in [1.54, 1.807) is 0 Å². The van der Waals surface area contributed by atoms with Crippen molar-refractivity contribution in [2.45, 2.75) is 19.4 Å². The second-order valence-corrected chi connectivity index (χ2v) is 8.32. The number of hydrogen-bond acceptors (Lipinski definition) is 3. The van der Waals surface area contributed by atoms with Gasteiger partial charge in [0, 0.05) is 37.1 Å². The molecule has 2 aliphatic rings. The molecule has 29 heavy (non-hydrogen) atoms. The number of rotatable bonds is 5. The molecule has 5 rings (SSSR count). The molecule has 0 radical (unpaired) electrons. The van der Waals surface area contributed by atoms with E-state index in [-0.39, 0.29) is 5.91 Å². The Labute approximate surface area is 170 Å². The second-order valence-electron chi connectivity index (χ2n) is 8.32. The lowest BCUT2D eigenvalue weighted by Crippen LogP contribution is -2.33. The number of nitrogens with one attached hydrogen (secondary N) is 2. The van der Waals surface area contributed by atoms with E-state index in [0.29, 0.717) is 17.5 Å². The lowest BCUT2D eigenvalue weighted by molar-refractivity contribution is 0.0946. The van der Waals surface area contributed by atoms with Crippen LogP contribution in [0.4, 0.5) is 0 Å². The smallest absolute Gasteiger partial charge is 0.267 e. The van der Waals surface area contributed by atoms with Crippen molar-refractivity contribution in [2.75, 3.05) is 19.6 Å². The number of nitriles is 1. The van der Waals surface area contributed by atoms with E-state index in [4.69, 9.17) is 5.26 Å². The summed E-state index contributed by atoms with van der Waals surface area (Å²) in [7, 11) is 0. The molecule has 0 unspecified atom stereocenters. The van der Waals surface area contributed by atoms with Crippen molar-refractivity contribution in [1.82, 2.24) is 15.2 Å².